The molecule has 0 radical (unpaired) electrons. The molecule has 2 rings (SSSR count). The number of hydrogen-bond acceptors (Lipinski definition) is 2. The maximum Gasteiger partial charge on any atom is 0.255 e. The van der Waals surface area contributed by atoms with Crippen molar-refractivity contribution >= 4 is 40.7 Å². The minimum Gasteiger partial charge on any atom is -0.352 e. The van der Waals surface area contributed by atoms with Crippen molar-refractivity contribution in [3.05, 3.63) is 63.6 Å². The van der Waals surface area contributed by atoms with Crippen LogP contribution in [0.2, 0.25) is 10.0 Å². The van der Waals surface area contributed by atoms with Gasteiger partial charge >= 0.3 is 0 Å². The van der Waals surface area contributed by atoms with Gasteiger partial charge in [-0.05, 0) is 42.8 Å². The first-order chi connectivity index (χ1) is 11.5. The number of halogens is 2. The van der Waals surface area contributed by atoms with Gasteiger partial charge in [-0.3, -0.25) is 9.59 Å². The van der Waals surface area contributed by atoms with Gasteiger partial charge in [0.25, 0.3) is 11.8 Å². The van der Waals surface area contributed by atoms with E-state index in [4.69, 9.17) is 23.2 Å². The number of hydrogen-bond donors (Lipinski definition) is 2. The van der Waals surface area contributed by atoms with Crippen molar-refractivity contribution in [1.82, 2.24) is 5.32 Å². The Labute approximate surface area is 151 Å². The average molecular weight is 365 g/mol. The highest BCUT2D eigenvalue weighted by Gasteiger charge is 2.12. The SMILES string of the molecule is CCCCNC(=O)c1cccc(C(=O)Nc2cc(Cl)ccc2Cl)c1. The molecule has 2 aromatic carbocycles. The third-order valence-corrected chi connectivity index (χ3v) is 3.94. The van der Waals surface area contributed by atoms with Crippen LogP contribution in [0.1, 0.15) is 40.5 Å². The van der Waals surface area contributed by atoms with Crippen LogP contribution in [0.25, 0.3) is 0 Å². The Hall–Kier alpha value is -2.04. The zero-order chi connectivity index (χ0) is 17.5. The number of benzene rings is 2. The van der Waals surface area contributed by atoms with E-state index in [0.29, 0.717) is 33.4 Å². The van der Waals surface area contributed by atoms with Crippen LogP contribution in [0.15, 0.2) is 42.5 Å². The first kappa shape index (κ1) is 18.3. The Morgan fingerprint density at radius 2 is 1.71 bits per heavy atom. The summed E-state index contributed by atoms with van der Waals surface area (Å²) in [5, 5.41) is 6.38. The van der Waals surface area contributed by atoms with Crippen LogP contribution in [0, 0.1) is 0 Å². The summed E-state index contributed by atoms with van der Waals surface area (Å²) in [6.07, 6.45) is 1.92. The van der Waals surface area contributed by atoms with Gasteiger partial charge in [-0.1, -0.05) is 42.6 Å². The zero-order valence-corrected chi connectivity index (χ0v) is 14.7. The van der Waals surface area contributed by atoms with Crippen LogP contribution in [-0.4, -0.2) is 18.4 Å². The van der Waals surface area contributed by atoms with Crippen molar-refractivity contribution < 1.29 is 9.59 Å². The van der Waals surface area contributed by atoms with Crippen molar-refractivity contribution in [2.24, 2.45) is 0 Å². The second-order valence-electron chi connectivity index (χ2n) is 5.27. The molecule has 0 aliphatic carbocycles. The van der Waals surface area contributed by atoms with Crippen molar-refractivity contribution in [3.8, 4) is 0 Å². The highest BCUT2D eigenvalue weighted by molar-refractivity contribution is 6.35. The molecular weight excluding hydrogens is 347 g/mol. The molecule has 24 heavy (non-hydrogen) atoms. The van der Waals surface area contributed by atoms with Gasteiger partial charge in [-0.2, -0.15) is 0 Å². The fourth-order valence-corrected chi connectivity index (χ4v) is 2.41. The van der Waals surface area contributed by atoms with Crippen LogP contribution in [0.5, 0.6) is 0 Å². The average Bonchev–Trinajstić information content (AvgIpc) is 2.58. The summed E-state index contributed by atoms with van der Waals surface area (Å²) in [5.41, 5.74) is 1.23. The third kappa shape index (κ3) is 4.98. The number of carbonyl (C=O) groups is 2. The molecule has 126 valence electrons. The zero-order valence-electron chi connectivity index (χ0n) is 13.2. The molecule has 0 unspecified atom stereocenters. The number of anilines is 1. The molecule has 0 atom stereocenters. The van der Waals surface area contributed by atoms with Crippen LogP contribution < -0.4 is 10.6 Å². The van der Waals surface area contributed by atoms with E-state index in [2.05, 4.69) is 17.6 Å². The fourth-order valence-electron chi connectivity index (χ4n) is 2.07. The molecule has 0 aliphatic rings. The van der Waals surface area contributed by atoms with Crippen LogP contribution in [0.4, 0.5) is 5.69 Å². The largest absolute Gasteiger partial charge is 0.352 e. The van der Waals surface area contributed by atoms with E-state index in [0.717, 1.165) is 12.8 Å². The Balaban J connectivity index is 2.11. The predicted molar refractivity (Wildman–Crippen MR) is 98.1 cm³/mol. The summed E-state index contributed by atoms with van der Waals surface area (Å²) in [6, 6.07) is 11.3. The highest BCUT2D eigenvalue weighted by Crippen LogP contribution is 2.25. The lowest BCUT2D eigenvalue weighted by molar-refractivity contribution is 0.0953. The molecule has 0 bridgehead atoms. The molecule has 4 nitrogen and oxygen atoms in total. The minimum absolute atomic E-state index is 0.195. The first-order valence-electron chi connectivity index (χ1n) is 7.66. The Bertz CT molecular complexity index is 748. The maximum atomic E-state index is 12.4. The van der Waals surface area contributed by atoms with E-state index in [1.807, 2.05) is 0 Å². The van der Waals surface area contributed by atoms with Crippen LogP contribution >= 0.6 is 23.2 Å². The molecule has 0 heterocycles. The number of carbonyl (C=O) groups excluding carboxylic acids is 2. The molecule has 2 aromatic rings. The lowest BCUT2D eigenvalue weighted by Crippen LogP contribution is -2.24. The second kappa shape index (κ2) is 8.71. The summed E-state index contributed by atoms with van der Waals surface area (Å²) in [7, 11) is 0. The van der Waals surface area contributed by atoms with Gasteiger partial charge < -0.3 is 10.6 Å². The molecule has 2 N–H and O–H groups in total. The van der Waals surface area contributed by atoms with Gasteiger partial charge in [0.1, 0.15) is 0 Å². The van der Waals surface area contributed by atoms with Crippen molar-refractivity contribution in [2.45, 2.75) is 19.8 Å². The van der Waals surface area contributed by atoms with Gasteiger partial charge in [0.05, 0.1) is 10.7 Å². The second-order valence-corrected chi connectivity index (χ2v) is 6.11. The van der Waals surface area contributed by atoms with Gasteiger partial charge in [0, 0.05) is 22.7 Å². The molecule has 2 amide bonds. The van der Waals surface area contributed by atoms with Gasteiger partial charge in [-0.25, -0.2) is 0 Å². The monoisotopic (exact) mass is 364 g/mol. The summed E-state index contributed by atoms with van der Waals surface area (Å²) < 4.78 is 0. The van der Waals surface area contributed by atoms with Crippen LogP contribution in [-0.2, 0) is 0 Å². The predicted octanol–water partition coefficient (Wildman–Crippen LogP) is 4.78. The first-order valence-corrected chi connectivity index (χ1v) is 8.41. The van der Waals surface area contributed by atoms with Crippen LogP contribution in [0.3, 0.4) is 0 Å². The fraction of sp³-hybridized carbons (Fsp3) is 0.222. The quantitative estimate of drug-likeness (QED) is 0.724. The third-order valence-electron chi connectivity index (χ3n) is 3.38. The normalized spacial score (nSPS) is 10.3. The highest BCUT2D eigenvalue weighted by atomic mass is 35.5. The molecule has 0 saturated carbocycles. The number of rotatable bonds is 6. The van der Waals surface area contributed by atoms with E-state index in [1.165, 1.54) is 0 Å². The molecule has 0 fully saturated rings. The number of nitrogens with one attached hydrogen (secondary N) is 2. The molecule has 0 spiro atoms. The molecule has 6 heteroatoms. The maximum absolute atomic E-state index is 12.4. The summed E-state index contributed by atoms with van der Waals surface area (Å²) in [4.78, 5) is 24.4. The van der Waals surface area contributed by atoms with Gasteiger partial charge in [0.2, 0.25) is 0 Å². The van der Waals surface area contributed by atoms with Crippen molar-refractivity contribution in [1.29, 1.82) is 0 Å². The lowest BCUT2D eigenvalue weighted by Gasteiger charge is -2.09. The Kier molecular flexibility index (Phi) is 6.64. The smallest absolute Gasteiger partial charge is 0.255 e. The minimum atomic E-state index is -0.359. The molecule has 0 aromatic heterocycles. The lowest BCUT2D eigenvalue weighted by atomic mass is 10.1. The van der Waals surface area contributed by atoms with Gasteiger partial charge in [0.15, 0.2) is 0 Å². The number of amides is 2. The van der Waals surface area contributed by atoms with E-state index in [1.54, 1.807) is 42.5 Å². The molecular formula is C18H18Cl2N2O2. The molecule has 0 saturated heterocycles. The Morgan fingerprint density at radius 3 is 2.42 bits per heavy atom. The molecule has 0 aliphatic heterocycles. The van der Waals surface area contributed by atoms with Gasteiger partial charge in [-0.15, -0.1) is 0 Å². The van der Waals surface area contributed by atoms with E-state index in [-0.39, 0.29) is 11.8 Å². The van der Waals surface area contributed by atoms with Crippen molar-refractivity contribution in [2.75, 3.05) is 11.9 Å². The van der Waals surface area contributed by atoms with E-state index >= 15 is 0 Å². The van der Waals surface area contributed by atoms with E-state index in [9.17, 15) is 9.59 Å². The topological polar surface area (TPSA) is 58.2 Å². The summed E-state index contributed by atoms with van der Waals surface area (Å²) in [5.74, 6) is -0.554. The van der Waals surface area contributed by atoms with Crippen molar-refractivity contribution in [3.63, 3.8) is 0 Å². The summed E-state index contributed by atoms with van der Waals surface area (Å²) in [6.45, 7) is 2.67. The standard InChI is InChI=1S/C18H18Cl2N2O2/c1-2-3-9-21-17(23)12-5-4-6-13(10-12)18(24)22-16-11-14(19)7-8-15(16)20/h4-8,10-11H,2-3,9H2,1H3,(H,21,23)(H,22,24). The Morgan fingerprint density at radius 1 is 1.00 bits per heavy atom. The number of unbranched alkanes of at least 4 members (excludes halogenated alkanes) is 1. The summed E-state index contributed by atoms with van der Waals surface area (Å²) >= 11 is 12.0. The van der Waals surface area contributed by atoms with E-state index < -0.39 is 0 Å².